The van der Waals surface area contributed by atoms with Crippen molar-refractivity contribution in [1.82, 2.24) is 9.78 Å². The number of ether oxygens (including phenoxy) is 1. The van der Waals surface area contributed by atoms with Crippen molar-refractivity contribution in [3.8, 4) is 0 Å². The molecule has 29 heavy (non-hydrogen) atoms. The first-order chi connectivity index (χ1) is 13.2. The summed E-state index contributed by atoms with van der Waals surface area (Å²) in [7, 11) is 1.70. The number of hydrogen-bond acceptors (Lipinski definition) is 3. The van der Waals surface area contributed by atoms with Gasteiger partial charge in [0.1, 0.15) is 0 Å². The molecule has 0 amide bonds. The molecule has 0 aliphatic rings. The van der Waals surface area contributed by atoms with Crippen molar-refractivity contribution in [3.05, 3.63) is 52.3 Å². The van der Waals surface area contributed by atoms with E-state index in [-0.39, 0.29) is 6.42 Å². The van der Waals surface area contributed by atoms with Crippen LogP contribution in [0.5, 0.6) is 0 Å². The van der Waals surface area contributed by atoms with Gasteiger partial charge in [-0.15, -0.1) is 0 Å². The van der Waals surface area contributed by atoms with Gasteiger partial charge in [0, 0.05) is 18.3 Å². The highest BCUT2D eigenvalue weighted by atomic mass is 19.4. The molecule has 2 atom stereocenters. The zero-order valence-electron chi connectivity index (χ0n) is 16.1. The van der Waals surface area contributed by atoms with Gasteiger partial charge < -0.3 is 4.74 Å². The minimum Gasteiger partial charge on any atom is -0.447 e. The molecule has 1 heterocycles. The largest absolute Gasteiger partial charge is 0.447 e. The fourth-order valence-electron chi connectivity index (χ4n) is 2.94. The van der Waals surface area contributed by atoms with E-state index < -0.39 is 41.5 Å². The fraction of sp³-hybridized carbons (Fsp3) is 0.474. The minimum atomic E-state index is -5.07. The maximum atomic E-state index is 13.4. The molecule has 0 spiro atoms. The van der Waals surface area contributed by atoms with Crippen molar-refractivity contribution in [2.45, 2.75) is 45.6 Å². The van der Waals surface area contributed by atoms with Gasteiger partial charge in [-0.1, -0.05) is 19.1 Å². The van der Waals surface area contributed by atoms with E-state index in [1.54, 1.807) is 25.6 Å². The number of benzene rings is 1. The van der Waals surface area contributed by atoms with E-state index in [4.69, 9.17) is 0 Å². The van der Waals surface area contributed by atoms with Gasteiger partial charge in [0.05, 0.1) is 17.2 Å². The van der Waals surface area contributed by atoms with Crippen LogP contribution in [0.1, 0.15) is 41.1 Å². The van der Waals surface area contributed by atoms with E-state index in [1.165, 1.54) is 6.92 Å². The average molecular weight is 422 g/mol. The smallest absolute Gasteiger partial charge is 0.429 e. The number of hydrogen-bond donors (Lipinski definition) is 0. The lowest BCUT2D eigenvalue weighted by Gasteiger charge is -2.23. The van der Waals surface area contributed by atoms with Gasteiger partial charge in [0.2, 0.25) is 6.10 Å². The molecule has 1 aromatic carbocycles. The number of carbonyl (C=O) groups is 1. The summed E-state index contributed by atoms with van der Waals surface area (Å²) in [6.45, 7) is 4.86. The lowest BCUT2D eigenvalue weighted by atomic mass is 9.99. The van der Waals surface area contributed by atoms with Crippen LogP contribution in [0, 0.1) is 19.8 Å². The van der Waals surface area contributed by atoms with Crippen LogP contribution in [0.2, 0.25) is 0 Å². The summed E-state index contributed by atoms with van der Waals surface area (Å²) in [6.07, 6.45) is -12.6. The second-order valence-corrected chi connectivity index (χ2v) is 6.86. The predicted octanol–water partition coefficient (Wildman–Crippen LogP) is 5.08. The summed E-state index contributed by atoms with van der Waals surface area (Å²) in [5, 5.41) is 4.18. The van der Waals surface area contributed by atoms with E-state index in [0.717, 1.165) is 17.8 Å². The number of alkyl halides is 6. The topological polar surface area (TPSA) is 44.1 Å². The van der Waals surface area contributed by atoms with Crippen LogP contribution in [0.4, 0.5) is 26.3 Å². The van der Waals surface area contributed by atoms with Gasteiger partial charge in [-0.05, 0) is 38.0 Å². The molecule has 1 aromatic heterocycles. The molecule has 2 rings (SSSR count). The summed E-state index contributed by atoms with van der Waals surface area (Å²) >= 11 is 0. The van der Waals surface area contributed by atoms with Crippen molar-refractivity contribution < 1.29 is 35.9 Å². The first-order valence-corrected chi connectivity index (χ1v) is 8.65. The molecular formula is C19H20F6N2O2. The highest BCUT2D eigenvalue weighted by Crippen LogP contribution is 2.39. The summed E-state index contributed by atoms with van der Waals surface area (Å²) in [5.41, 5.74) is 0.0541. The normalized spacial score (nSPS) is 14.6. The molecule has 0 saturated carbocycles. The summed E-state index contributed by atoms with van der Waals surface area (Å²) in [5.74, 6) is -2.11. The number of aromatic nitrogens is 2. The zero-order valence-corrected chi connectivity index (χ0v) is 16.1. The molecule has 0 fully saturated rings. The van der Waals surface area contributed by atoms with Crippen molar-refractivity contribution in [1.29, 1.82) is 0 Å². The van der Waals surface area contributed by atoms with Gasteiger partial charge in [-0.25, -0.2) is 0 Å². The summed E-state index contributed by atoms with van der Waals surface area (Å²) in [4.78, 5) is 12.3. The van der Waals surface area contributed by atoms with Crippen molar-refractivity contribution >= 4 is 5.97 Å². The lowest BCUT2D eigenvalue weighted by Crippen LogP contribution is -2.29. The van der Waals surface area contributed by atoms with Crippen LogP contribution in [-0.2, 0) is 29.2 Å². The van der Waals surface area contributed by atoms with Gasteiger partial charge in [-0.3, -0.25) is 9.48 Å². The molecule has 160 valence electrons. The van der Waals surface area contributed by atoms with Crippen LogP contribution in [0.15, 0.2) is 24.3 Å². The zero-order chi connectivity index (χ0) is 22.1. The van der Waals surface area contributed by atoms with Crippen molar-refractivity contribution in [2.24, 2.45) is 13.0 Å². The summed E-state index contributed by atoms with van der Waals surface area (Å²) < 4.78 is 85.1. The monoisotopic (exact) mass is 422 g/mol. The third-order valence-electron chi connectivity index (χ3n) is 4.62. The molecule has 0 saturated heterocycles. The van der Waals surface area contributed by atoms with Gasteiger partial charge in [0.25, 0.3) is 0 Å². The lowest BCUT2D eigenvalue weighted by molar-refractivity contribution is -0.226. The molecule has 0 bridgehead atoms. The second kappa shape index (κ2) is 8.08. The molecule has 0 aliphatic heterocycles. The molecular weight excluding hydrogens is 402 g/mol. The number of rotatable bonds is 5. The molecule has 0 radical (unpaired) electrons. The third-order valence-corrected chi connectivity index (χ3v) is 4.62. The number of carbonyl (C=O) groups excluding carboxylic acids is 1. The Hall–Kier alpha value is -2.52. The Labute approximate surface area is 163 Å². The Morgan fingerprint density at radius 3 is 2.28 bits per heavy atom. The SMILES string of the molecule is Cc1nn(C)c(C)c1C[C@H](C)C(=O)O[C@@H](c1cccc(C(F)(F)F)c1)C(F)(F)F. The number of aryl methyl sites for hydroxylation is 2. The molecule has 0 unspecified atom stereocenters. The highest BCUT2D eigenvalue weighted by Gasteiger charge is 2.45. The number of nitrogens with zero attached hydrogens (tertiary/aromatic N) is 2. The molecule has 10 heteroatoms. The van der Waals surface area contributed by atoms with Crippen LogP contribution in [0.25, 0.3) is 0 Å². The van der Waals surface area contributed by atoms with Crippen LogP contribution in [0.3, 0.4) is 0 Å². The van der Waals surface area contributed by atoms with Crippen LogP contribution >= 0.6 is 0 Å². The van der Waals surface area contributed by atoms with Crippen molar-refractivity contribution in [2.75, 3.05) is 0 Å². The first-order valence-electron chi connectivity index (χ1n) is 8.65. The quantitative estimate of drug-likeness (QED) is 0.499. The Bertz CT molecular complexity index is 886. The predicted molar refractivity (Wildman–Crippen MR) is 91.9 cm³/mol. The standard InChI is InChI=1S/C19H20F6N2O2/c1-10(8-15-11(2)26-27(4)12(15)3)17(28)29-16(19(23,24)25)13-6-5-7-14(9-13)18(20,21)22/h5-7,9-10,16H,8H2,1-4H3/t10-,16-/m0/s1. The molecule has 0 aliphatic carbocycles. The molecule has 0 N–H and O–H groups in total. The van der Waals surface area contributed by atoms with Gasteiger partial charge in [0.15, 0.2) is 0 Å². The first kappa shape index (κ1) is 22.8. The second-order valence-electron chi connectivity index (χ2n) is 6.86. The minimum absolute atomic E-state index is 0.0947. The molecule has 2 aromatic rings. The van der Waals surface area contributed by atoms with Crippen LogP contribution < -0.4 is 0 Å². The Kier molecular flexibility index (Phi) is 6.34. The Morgan fingerprint density at radius 1 is 1.17 bits per heavy atom. The fourth-order valence-corrected chi connectivity index (χ4v) is 2.94. The van der Waals surface area contributed by atoms with E-state index in [0.29, 0.717) is 23.4 Å². The van der Waals surface area contributed by atoms with Crippen molar-refractivity contribution in [3.63, 3.8) is 0 Å². The Morgan fingerprint density at radius 2 is 1.79 bits per heavy atom. The third kappa shape index (κ3) is 5.30. The molecule has 4 nitrogen and oxygen atoms in total. The highest BCUT2D eigenvalue weighted by molar-refractivity contribution is 5.73. The number of halogens is 6. The van der Waals surface area contributed by atoms with Gasteiger partial charge >= 0.3 is 18.3 Å². The maximum Gasteiger partial charge on any atom is 0.429 e. The average Bonchev–Trinajstić information content (AvgIpc) is 2.84. The van der Waals surface area contributed by atoms with E-state index in [9.17, 15) is 31.1 Å². The van der Waals surface area contributed by atoms with E-state index >= 15 is 0 Å². The number of esters is 1. The summed E-state index contributed by atoms with van der Waals surface area (Å²) in [6, 6.07) is 2.68. The van der Waals surface area contributed by atoms with Crippen LogP contribution in [-0.4, -0.2) is 21.9 Å². The van der Waals surface area contributed by atoms with E-state index in [2.05, 4.69) is 9.84 Å². The van der Waals surface area contributed by atoms with Gasteiger partial charge in [-0.2, -0.15) is 31.4 Å². The maximum absolute atomic E-state index is 13.4. The van der Waals surface area contributed by atoms with E-state index in [1.807, 2.05) is 0 Å². The Balaban J connectivity index is 2.25.